The van der Waals surface area contributed by atoms with Crippen LogP contribution in [0.25, 0.3) is 0 Å². The first-order valence-corrected chi connectivity index (χ1v) is 9.74. The summed E-state index contributed by atoms with van der Waals surface area (Å²) in [6.07, 6.45) is 2.04. The van der Waals surface area contributed by atoms with Crippen molar-refractivity contribution in [3.05, 3.63) is 72.1 Å². The lowest BCUT2D eigenvalue weighted by Crippen LogP contribution is -2.44. The summed E-state index contributed by atoms with van der Waals surface area (Å²) in [7, 11) is 4.80. The number of benzene rings is 2. The highest BCUT2D eigenvalue weighted by atomic mass is 16.5. The summed E-state index contributed by atoms with van der Waals surface area (Å²) >= 11 is 0. The Kier molecular flexibility index (Phi) is 5.52. The number of nitrogens with one attached hydrogen (secondary N) is 1. The normalized spacial score (nSPS) is 15.3. The molecule has 0 aliphatic carbocycles. The van der Waals surface area contributed by atoms with Crippen LogP contribution in [0.15, 0.2) is 60.8 Å². The smallest absolute Gasteiger partial charge is 0.322 e. The van der Waals surface area contributed by atoms with Crippen LogP contribution in [0.3, 0.4) is 0 Å². The van der Waals surface area contributed by atoms with Gasteiger partial charge in [-0.2, -0.15) is 0 Å². The minimum atomic E-state index is -0.261. The van der Waals surface area contributed by atoms with E-state index in [1.165, 1.54) is 0 Å². The summed E-state index contributed by atoms with van der Waals surface area (Å²) in [5, 5.41) is 3.00. The second-order valence-corrected chi connectivity index (χ2v) is 6.97. The van der Waals surface area contributed by atoms with E-state index in [1.807, 2.05) is 65.7 Å². The van der Waals surface area contributed by atoms with E-state index in [9.17, 15) is 4.79 Å². The SMILES string of the molecule is COc1ccccc1NC(=O)N1CCn2cccc2C1c1ccc(OC)c(OC)c1. The number of hydrogen-bond donors (Lipinski definition) is 1. The molecule has 7 nitrogen and oxygen atoms in total. The average Bonchev–Trinajstić information content (AvgIpc) is 3.27. The maximum absolute atomic E-state index is 13.3. The van der Waals surface area contributed by atoms with Gasteiger partial charge < -0.3 is 29.0 Å². The average molecular weight is 407 g/mol. The molecule has 0 bridgehead atoms. The van der Waals surface area contributed by atoms with Crippen molar-refractivity contribution in [2.45, 2.75) is 12.6 Å². The molecule has 0 saturated heterocycles. The number of carbonyl (C=O) groups excluding carboxylic acids is 1. The predicted molar refractivity (Wildman–Crippen MR) is 115 cm³/mol. The maximum Gasteiger partial charge on any atom is 0.322 e. The van der Waals surface area contributed by atoms with Crippen LogP contribution in [-0.4, -0.2) is 43.4 Å². The third-order valence-electron chi connectivity index (χ3n) is 5.37. The Labute approximate surface area is 175 Å². The van der Waals surface area contributed by atoms with Crippen molar-refractivity contribution in [2.75, 3.05) is 33.2 Å². The van der Waals surface area contributed by atoms with Crippen molar-refractivity contribution in [2.24, 2.45) is 0 Å². The largest absolute Gasteiger partial charge is 0.495 e. The number of hydrogen-bond acceptors (Lipinski definition) is 4. The lowest BCUT2D eigenvalue weighted by Gasteiger charge is -2.37. The molecule has 0 radical (unpaired) electrons. The Bertz CT molecular complexity index is 1050. The number of para-hydroxylation sites is 2. The third kappa shape index (κ3) is 3.54. The number of urea groups is 1. The first-order valence-electron chi connectivity index (χ1n) is 9.74. The molecule has 1 atom stereocenters. The molecule has 2 heterocycles. The number of anilines is 1. The quantitative estimate of drug-likeness (QED) is 0.690. The number of aromatic nitrogens is 1. The Hall–Kier alpha value is -3.61. The second kappa shape index (κ2) is 8.41. The molecule has 1 aliphatic rings. The van der Waals surface area contributed by atoms with Crippen molar-refractivity contribution in [1.82, 2.24) is 9.47 Å². The van der Waals surface area contributed by atoms with Crippen molar-refractivity contribution in [1.29, 1.82) is 0 Å². The Morgan fingerprint density at radius 1 is 0.900 bits per heavy atom. The molecule has 1 aromatic heterocycles. The standard InChI is InChI=1S/C23H25N3O4/c1-28-19-9-5-4-7-17(19)24-23(27)26-14-13-25-12-6-8-18(25)22(26)16-10-11-20(29-2)21(15-16)30-3/h4-12,15,22H,13-14H2,1-3H3,(H,24,27). The highest BCUT2D eigenvalue weighted by Gasteiger charge is 2.33. The summed E-state index contributed by atoms with van der Waals surface area (Å²) in [5.41, 5.74) is 2.63. The highest BCUT2D eigenvalue weighted by Crippen LogP contribution is 2.37. The molecular formula is C23H25N3O4. The molecule has 0 fully saturated rings. The summed E-state index contributed by atoms with van der Waals surface area (Å²) in [4.78, 5) is 15.2. The lowest BCUT2D eigenvalue weighted by molar-refractivity contribution is 0.181. The molecule has 4 rings (SSSR count). The molecule has 2 aromatic carbocycles. The number of methoxy groups -OCH3 is 3. The van der Waals surface area contributed by atoms with Crippen LogP contribution >= 0.6 is 0 Å². The number of fused-ring (bicyclic) bond motifs is 1. The van der Waals surface area contributed by atoms with Crippen LogP contribution in [0.4, 0.5) is 10.5 Å². The van der Waals surface area contributed by atoms with E-state index >= 15 is 0 Å². The Balaban J connectivity index is 1.71. The van der Waals surface area contributed by atoms with E-state index in [-0.39, 0.29) is 12.1 Å². The van der Waals surface area contributed by atoms with Gasteiger partial charge in [0.05, 0.1) is 33.1 Å². The number of ether oxygens (including phenoxy) is 3. The second-order valence-electron chi connectivity index (χ2n) is 6.97. The molecule has 1 aliphatic heterocycles. The topological polar surface area (TPSA) is 65.0 Å². The van der Waals surface area contributed by atoms with Gasteiger partial charge in [0, 0.05) is 25.0 Å². The molecule has 0 saturated carbocycles. The molecule has 1 N–H and O–H groups in total. The van der Waals surface area contributed by atoms with Crippen molar-refractivity contribution >= 4 is 11.7 Å². The summed E-state index contributed by atoms with van der Waals surface area (Å²) in [5.74, 6) is 1.90. The van der Waals surface area contributed by atoms with E-state index < -0.39 is 0 Å². The van der Waals surface area contributed by atoms with E-state index in [0.717, 1.165) is 17.8 Å². The zero-order chi connectivity index (χ0) is 21.1. The number of carbonyl (C=O) groups is 1. The fraction of sp³-hybridized carbons (Fsp3) is 0.261. The van der Waals surface area contributed by atoms with Crippen LogP contribution in [0.2, 0.25) is 0 Å². The first-order chi connectivity index (χ1) is 14.7. The summed E-state index contributed by atoms with van der Waals surface area (Å²) in [6, 6.07) is 16.8. The van der Waals surface area contributed by atoms with Crippen LogP contribution in [0, 0.1) is 0 Å². The lowest BCUT2D eigenvalue weighted by atomic mass is 9.99. The van der Waals surface area contributed by atoms with Gasteiger partial charge in [-0.05, 0) is 42.0 Å². The minimum absolute atomic E-state index is 0.188. The van der Waals surface area contributed by atoms with Crippen LogP contribution in [-0.2, 0) is 6.54 Å². The van der Waals surface area contributed by atoms with Crippen molar-refractivity contribution < 1.29 is 19.0 Å². The highest BCUT2D eigenvalue weighted by molar-refractivity contribution is 5.91. The number of nitrogens with zero attached hydrogens (tertiary/aromatic N) is 2. The molecule has 30 heavy (non-hydrogen) atoms. The van der Waals surface area contributed by atoms with Gasteiger partial charge in [-0.15, -0.1) is 0 Å². The van der Waals surface area contributed by atoms with Gasteiger partial charge in [-0.25, -0.2) is 4.79 Å². The molecule has 0 spiro atoms. The fourth-order valence-electron chi connectivity index (χ4n) is 3.91. The molecule has 7 heteroatoms. The minimum Gasteiger partial charge on any atom is -0.495 e. The van der Waals surface area contributed by atoms with Gasteiger partial charge in [-0.1, -0.05) is 18.2 Å². The zero-order valence-corrected chi connectivity index (χ0v) is 17.3. The van der Waals surface area contributed by atoms with Crippen LogP contribution in [0.1, 0.15) is 17.3 Å². The van der Waals surface area contributed by atoms with Gasteiger partial charge in [0.15, 0.2) is 11.5 Å². The van der Waals surface area contributed by atoms with Crippen LogP contribution < -0.4 is 19.5 Å². The van der Waals surface area contributed by atoms with E-state index in [2.05, 4.69) is 9.88 Å². The number of rotatable bonds is 5. The monoisotopic (exact) mass is 407 g/mol. The van der Waals surface area contributed by atoms with E-state index in [4.69, 9.17) is 14.2 Å². The Morgan fingerprint density at radius 3 is 2.43 bits per heavy atom. The fourth-order valence-corrected chi connectivity index (χ4v) is 3.91. The predicted octanol–water partition coefficient (Wildman–Crippen LogP) is 4.15. The molecule has 2 amide bonds. The van der Waals surface area contributed by atoms with Gasteiger partial charge in [0.1, 0.15) is 5.75 Å². The third-order valence-corrected chi connectivity index (χ3v) is 5.37. The van der Waals surface area contributed by atoms with Crippen molar-refractivity contribution in [3.63, 3.8) is 0 Å². The first kappa shape index (κ1) is 19.7. The molecule has 156 valence electrons. The molecular weight excluding hydrogens is 382 g/mol. The van der Waals surface area contributed by atoms with Gasteiger partial charge >= 0.3 is 6.03 Å². The van der Waals surface area contributed by atoms with Crippen molar-refractivity contribution in [3.8, 4) is 17.2 Å². The summed E-state index contributed by atoms with van der Waals surface area (Å²) < 4.78 is 18.4. The van der Waals surface area contributed by atoms with Gasteiger partial charge in [0.25, 0.3) is 0 Å². The van der Waals surface area contributed by atoms with E-state index in [1.54, 1.807) is 21.3 Å². The van der Waals surface area contributed by atoms with E-state index in [0.29, 0.717) is 29.5 Å². The molecule has 1 unspecified atom stereocenters. The summed E-state index contributed by atoms with van der Waals surface area (Å²) in [6.45, 7) is 1.30. The van der Waals surface area contributed by atoms with Gasteiger partial charge in [-0.3, -0.25) is 0 Å². The molecule has 3 aromatic rings. The number of amides is 2. The zero-order valence-electron chi connectivity index (χ0n) is 17.3. The Morgan fingerprint density at radius 2 is 1.67 bits per heavy atom. The maximum atomic E-state index is 13.3. The van der Waals surface area contributed by atoms with Crippen LogP contribution in [0.5, 0.6) is 17.2 Å². The van der Waals surface area contributed by atoms with Gasteiger partial charge in [0.2, 0.25) is 0 Å².